The summed E-state index contributed by atoms with van der Waals surface area (Å²) in [5.41, 5.74) is 0.664. The number of rotatable bonds is 3. The van der Waals surface area contributed by atoms with Crippen molar-refractivity contribution in [3.8, 4) is 0 Å². The Morgan fingerprint density at radius 2 is 2.04 bits per heavy atom. The topological polar surface area (TPSA) is 98.7 Å². The molecule has 0 atom stereocenters. The molecule has 1 N–H and O–H groups in total. The molecule has 8 heteroatoms. The number of para-hydroxylation sites is 1. The van der Waals surface area contributed by atoms with Gasteiger partial charge in [0.1, 0.15) is 11.5 Å². The molecule has 0 spiro atoms. The van der Waals surface area contributed by atoms with Gasteiger partial charge in [-0.1, -0.05) is 12.1 Å². The van der Waals surface area contributed by atoms with E-state index in [0.717, 1.165) is 0 Å². The summed E-state index contributed by atoms with van der Waals surface area (Å²) in [6.45, 7) is 0.148. The van der Waals surface area contributed by atoms with Crippen molar-refractivity contribution in [3.05, 3.63) is 40.4 Å². The minimum atomic E-state index is -0.287. The van der Waals surface area contributed by atoms with Crippen molar-refractivity contribution in [2.45, 2.75) is 19.4 Å². The van der Waals surface area contributed by atoms with Crippen LogP contribution in [0.15, 0.2) is 34.2 Å². The van der Waals surface area contributed by atoms with Crippen LogP contribution >= 0.6 is 0 Å². The lowest BCUT2D eigenvalue weighted by atomic mass is 10.1. The molecule has 0 unspecified atom stereocenters. The first-order chi connectivity index (χ1) is 11.5. The van der Waals surface area contributed by atoms with Gasteiger partial charge in [-0.2, -0.15) is 5.10 Å². The molecule has 0 fully saturated rings. The zero-order valence-corrected chi connectivity index (χ0v) is 13.4. The lowest BCUT2D eigenvalue weighted by Gasteiger charge is -2.22. The van der Waals surface area contributed by atoms with Crippen LogP contribution in [0.5, 0.6) is 0 Å². The molecule has 0 aliphatic carbocycles. The van der Waals surface area contributed by atoms with Crippen molar-refractivity contribution in [1.29, 1.82) is 0 Å². The minimum Gasteiger partial charge on any atom is -0.333 e. The van der Waals surface area contributed by atoms with E-state index in [1.54, 1.807) is 31.3 Å². The second-order valence-electron chi connectivity index (χ2n) is 5.66. The van der Waals surface area contributed by atoms with Gasteiger partial charge in [-0.25, -0.2) is 9.99 Å². The fourth-order valence-corrected chi connectivity index (χ4v) is 2.55. The maximum atomic E-state index is 12.4. The van der Waals surface area contributed by atoms with Crippen LogP contribution < -0.4 is 5.56 Å². The van der Waals surface area contributed by atoms with Crippen LogP contribution in [0.25, 0.3) is 10.9 Å². The summed E-state index contributed by atoms with van der Waals surface area (Å²) in [5.74, 6) is -0.00437. The summed E-state index contributed by atoms with van der Waals surface area (Å²) >= 11 is 0. The molecule has 3 rings (SSSR count). The number of aromatic amines is 1. The summed E-state index contributed by atoms with van der Waals surface area (Å²) in [5, 5.41) is 5.70. The van der Waals surface area contributed by atoms with Crippen LogP contribution in [-0.2, 0) is 16.1 Å². The number of nitrogens with zero attached hydrogens (tertiary/aromatic N) is 4. The van der Waals surface area contributed by atoms with Gasteiger partial charge in [-0.3, -0.25) is 14.4 Å². The second-order valence-corrected chi connectivity index (χ2v) is 5.66. The fourth-order valence-electron chi connectivity index (χ4n) is 2.55. The van der Waals surface area contributed by atoms with E-state index in [0.29, 0.717) is 28.9 Å². The van der Waals surface area contributed by atoms with E-state index >= 15 is 0 Å². The Morgan fingerprint density at radius 3 is 2.79 bits per heavy atom. The van der Waals surface area contributed by atoms with Gasteiger partial charge in [-0.15, -0.1) is 0 Å². The minimum absolute atomic E-state index is 0.116. The molecule has 24 heavy (non-hydrogen) atoms. The maximum Gasteiger partial charge on any atom is 0.270 e. The van der Waals surface area contributed by atoms with Crippen LogP contribution in [-0.4, -0.2) is 51.5 Å². The number of hydrogen-bond donors (Lipinski definition) is 1. The highest BCUT2D eigenvalue weighted by molar-refractivity contribution is 6.39. The van der Waals surface area contributed by atoms with Crippen molar-refractivity contribution in [2.24, 2.45) is 5.10 Å². The molecule has 2 aromatic rings. The van der Waals surface area contributed by atoms with Gasteiger partial charge in [0.15, 0.2) is 0 Å². The Hall–Kier alpha value is -3.03. The van der Waals surface area contributed by atoms with Crippen molar-refractivity contribution >= 4 is 28.4 Å². The number of hydrazone groups is 1. The Morgan fingerprint density at radius 1 is 1.29 bits per heavy atom. The summed E-state index contributed by atoms with van der Waals surface area (Å²) in [6.07, 6.45) is 0.577. The number of H-pyrrole nitrogens is 1. The van der Waals surface area contributed by atoms with Crippen LogP contribution in [0, 0.1) is 0 Å². The third-order valence-corrected chi connectivity index (χ3v) is 3.85. The van der Waals surface area contributed by atoms with Gasteiger partial charge < -0.3 is 9.88 Å². The van der Waals surface area contributed by atoms with E-state index in [4.69, 9.17) is 0 Å². The lowest BCUT2D eigenvalue weighted by Crippen LogP contribution is -2.38. The molecule has 8 nitrogen and oxygen atoms in total. The SMILES string of the molecule is CN(Cc1nc2ccccc2c(=O)[nH]1)C(=O)C1=NN(C)C(=O)CC1. The van der Waals surface area contributed by atoms with Crippen LogP contribution in [0.1, 0.15) is 18.7 Å². The van der Waals surface area contributed by atoms with E-state index in [2.05, 4.69) is 15.1 Å². The molecule has 0 radical (unpaired) electrons. The first-order valence-electron chi connectivity index (χ1n) is 7.53. The van der Waals surface area contributed by atoms with E-state index in [-0.39, 0.29) is 30.3 Å². The zero-order chi connectivity index (χ0) is 17.3. The quantitative estimate of drug-likeness (QED) is 0.887. The number of carbonyl (C=O) groups excluding carboxylic acids is 2. The number of nitrogens with one attached hydrogen (secondary N) is 1. The Balaban J connectivity index is 1.81. The third kappa shape index (κ3) is 3.03. The largest absolute Gasteiger partial charge is 0.333 e. The van der Waals surface area contributed by atoms with Gasteiger partial charge in [0.05, 0.1) is 17.4 Å². The number of carbonyl (C=O) groups is 2. The Labute approximate surface area is 137 Å². The van der Waals surface area contributed by atoms with Crippen LogP contribution in [0.2, 0.25) is 0 Å². The molecule has 0 bridgehead atoms. The van der Waals surface area contributed by atoms with Gasteiger partial charge >= 0.3 is 0 Å². The van der Waals surface area contributed by atoms with Crippen molar-refractivity contribution in [1.82, 2.24) is 19.9 Å². The molecule has 1 aliphatic rings. The molecular weight excluding hydrogens is 310 g/mol. The second kappa shape index (κ2) is 6.23. The molecular formula is C16H17N5O3. The van der Waals surface area contributed by atoms with Gasteiger partial charge in [-0.05, 0) is 12.1 Å². The van der Waals surface area contributed by atoms with Crippen molar-refractivity contribution in [2.75, 3.05) is 14.1 Å². The molecule has 1 aromatic carbocycles. The Bertz CT molecular complexity index is 902. The van der Waals surface area contributed by atoms with Crippen LogP contribution in [0.4, 0.5) is 0 Å². The summed E-state index contributed by atoms with van der Waals surface area (Å²) < 4.78 is 0. The predicted octanol–water partition coefficient (Wildman–Crippen LogP) is 0.490. The van der Waals surface area contributed by atoms with Gasteiger partial charge in [0.25, 0.3) is 11.5 Å². The van der Waals surface area contributed by atoms with Crippen LogP contribution in [0.3, 0.4) is 0 Å². The number of fused-ring (bicyclic) bond motifs is 1. The first kappa shape index (κ1) is 15.9. The molecule has 0 saturated carbocycles. The highest BCUT2D eigenvalue weighted by Crippen LogP contribution is 2.11. The molecule has 2 amide bonds. The van der Waals surface area contributed by atoms with Crippen molar-refractivity contribution in [3.63, 3.8) is 0 Å². The van der Waals surface area contributed by atoms with E-state index in [1.165, 1.54) is 17.0 Å². The van der Waals surface area contributed by atoms with Gasteiger partial charge in [0.2, 0.25) is 5.91 Å². The number of aromatic nitrogens is 2. The highest BCUT2D eigenvalue weighted by Gasteiger charge is 2.24. The van der Waals surface area contributed by atoms with E-state index in [9.17, 15) is 14.4 Å². The maximum absolute atomic E-state index is 12.4. The summed E-state index contributed by atoms with van der Waals surface area (Å²) in [7, 11) is 3.13. The first-order valence-corrected chi connectivity index (χ1v) is 7.53. The fraction of sp³-hybridized carbons (Fsp3) is 0.312. The smallest absolute Gasteiger partial charge is 0.270 e. The number of benzene rings is 1. The molecule has 124 valence electrons. The van der Waals surface area contributed by atoms with E-state index < -0.39 is 0 Å². The molecule has 1 aromatic heterocycles. The average molecular weight is 327 g/mol. The van der Waals surface area contributed by atoms with Gasteiger partial charge in [0, 0.05) is 26.9 Å². The molecule has 0 saturated heterocycles. The molecule has 1 aliphatic heterocycles. The third-order valence-electron chi connectivity index (χ3n) is 3.85. The predicted molar refractivity (Wildman–Crippen MR) is 88.3 cm³/mol. The summed E-state index contributed by atoms with van der Waals surface area (Å²) in [6, 6.07) is 7.02. The summed E-state index contributed by atoms with van der Waals surface area (Å²) in [4.78, 5) is 44.4. The standard InChI is InChI=1S/C16H17N5O3/c1-20(16(24)12-7-8-14(22)21(2)19-12)9-13-17-11-6-4-3-5-10(11)15(23)18-13/h3-6H,7-9H2,1-2H3,(H,17,18,23). The highest BCUT2D eigenvalue weighted by atomic mass is 16.2. The molecule has 2 heterocycles. The lowest BCUT2D eigenvalue weighted by molar-refractivity contribution is -0.130. The zero-order valence-electron chi connectivity index (χ0n) is 13.4. The Kier molecular flexibility index (Phi) is 4.11. The van der Waals surface area contributed by atoms with E-state index in [1.807, 2.05) is 0 Å². The number of hydrogen-bond acceptors (Lipinski definition) is 5. The number of amides is 2. The normalized spacial score (nSPS) is 14.7. The average Bonchev–Trinajstić information content (AvgIpc) is 2.56. The monoisotopic (exact) mass is 327 g/mol. The van der Waals surface area contributed by atoms with Crippen molar-refractivity contribution < 1.29 is 9.59 Å².